The molecule has 0 saturated carbocycles. The third kappa shape index (κ3) is 3.02. The largest absolute Gasteiger partial charge is 0.468 e. The minimum atomic E-state index is -0.386. The van der Waals surface area contributed by atoms with Crippen molar-refractivity contribution in [1.29, 1.82) is 0 Å². The molecule has 23 heavy (non-hydrogen) atoms. The summed E-state index contributed by atoms with van der Waals surface area (Å²) in [6, 6.07) is 7.91. The standard InChI is InChI=1S/C15H15N5O2S/c1-9-4-6-11(7-5-9)20-13-12(18-19-20)14(17-8-16-13)23-10(2)15(21)22-3/h4-8,10H,1-3H3/t10-/m1/s1. The van der Waals surface area contributed by atoms with Gasteiger partial charge in [0.25, 0.3) is 0 Å². The number of aryl methyl sites for hydroxylation is 1. The molecule has 3 aromatic rings. The van der Waals surface area contributed by atoms with Crippen molar-refractivity contribution < 1.29 is 9.53 Å². The molecule has 0 bridgehead atoms. The van der Waals surface area contributed by atoms with Crippen LogP contribution in [0.1, 0.15) is 12.5 Å². The Labute approximate surface area is 137 Å². The molecule has 0 spiro atoms. The molecule has 3 rings (SSSR count). The van der Waals surface area contributed by atoms with Gasteiger partial charge in [-0.15, -0.1) is 5.10 Å². The molecule has 0 amide bonds. The lowest BCUT2D eigenvalue weighted by molar-refractivity contribution is -0.139. The second-order valence-electron chi connectivity index (χ2n) is 4.97. The van der Waals surface area contributed by atoms with Crippen LogP contribution in [0.3, 0.4) is 0 Å². The minimum Gasteiger partial charge on any atom is -0.468 e. The Morgan fingerprint density at radius 2 is 2.00 bits per heavy atom. The van der Waals surface area contributed by atoms with Crippen LogP contribution in [0.4, 0.5) is 0 Å². The van der Waals surface area contributed by atoms with Crippen LogP contribution in [0, 0.1) is 6.92 Å². The number of hydrogen-bond donors (Lipinski definition) is 0. The van der Waals surface area contributed by atoms with E-state index in [4.69, 9.17) is 4.74 Å². The van der Waals surface area contributed by atoms with Crippen LogP contribution >= 0.6 is 11.8 Å². The number of ether oxygens (including phenoxy) is 1. The summed E-state index contributed by atoms with van der Waals surface area (Å²) in [4.78, 5) is 20.1. The van der Waals surface area contributed by atoms with Crippen molar-refractivity contribution in [3.8, 4) is 5.69 Å². The van der Waals surface area contributed by atoms with E-state index < -0.39 is 0 Å². The molecular weight excluding hydrogens is 314 g/mol. The van der Waals surface area contributed by atoms with E-state index >= 15 is 0 Å². The minimum absolute atomic E-state index is 0.312. The van der Waals surface area contributed by atoms with Gasteiger partial charge in [-0.2, -0.15) is 4.68 Å². The maximum Gasteiger partial charge on any atom is 0.318 e. The zero-order valence-electron chi connectivity index (χ0n) is 12.9. The van der Waals surface area contributed by atoms with Crippen molar-refractivity contribution in [2.75, 3.05) is 7.11 Å². The number of nitrogens with zero attached hydrogens (tertiary/aromatic N) is 5. The quantitative estimate of drug-likeness (QED) is 0.412. The molecule has 2 heterocycles. The van der Waals surface area contributed by atoms with E-state index in [1.807, 2.05) is 31.2 Å². The lowest BCUT2D eigenvalue weighted by atomic mass is 10.2. The first-order valence-corrected chi connectivity index (χ1v) is 7.86. The highest BCUT2D eigenvalue weighted by atomic mass is 32.2. The highest BCUT2D eigenvalue weighted by Crippen LogP contribution is 2.27. The van der Waals surface area contributed by atoms with E-state index in [1.165, 1.54) is 25.2 Å². The molecule has 1 aromatic carbocycles. The van der Waals surface area contributed by atoms with Crippen LogP contribution in [-0.4, -0.2) is 43.3 Å². The zero-order valence-corrected chi connectivity index (χ0v) is 13.7. The summed E-state index contributed by atoms with van der Waals surface area (Å²) >= 11 is 1.28. The Bertz CT molecular complexity index is 847. The molecule has 0 fully saturated rings. The molecule has 1 atom stereocenters. The Hall–Kier alpha value is -2.48. The Kier molecular flexibility index (Phi) is 4.24. The fraction of sp³-hybridized carbons (Fsp3) is 0.267. The van der Waals surface area contributed by atoms with Gasteiger partial charge in [0.1, 0.15) is 16.6 Å². The van der Waals surface area contributed by atoms with Gasteiger partial charge in [-0.25, -0.2) is 9.97 Å². The van der Waals surface area contributed by atoms with Gasteiger partial charge in [-0.3, -0.25) is 4.79 Å². The molecule has 8 heteroatoms. The smallest absolute Gasteiger partial charge is 0.318 e. The van der Waals surface area contributed by atoms with E-state index in [1.54, 1.807) is 11.6 Å². The molecule has 0 unspecified atom stereocenters. The zero-order chi connectivity index (χ0) is 16.4. The van der Waals surface area contributed by atoms with Gasteiger partial charge >= 0.3 is 5.97 Å². The van der Waals surface area contributed by atoms with E-state index in [0.29, 0.717) is 16.2 Å². The van der Waals surface area contributed by atoms with E-state index in [2.05, 4.69) is 20.3 Å². The molecule has 0 N–H and O–H groups in total. The second-order valence-corrected chi connectivity index (χ2v) is 6.30. The predicted molar refractivity (Wildman–Crippen MR) is 86.5 cm³/mol. The number of fused-ring (bicyclic) bond motifs is 1. The van der Waals surface area contributed by atoms with E-state index in [0.717, 1.165) is 11.3 Å². The summed E-state index contributed by atoms with van der Waals surface area (Å²) in [5.41, 5.74) is 3.20. The van der Waals surface area contributed by atoms with Crippen LogP contribution in [0.5, 0.6) is 0 Å². The van der Waals surface area contributed by atoms with Crippen molar-refractivity contribution in [1.82, 2.24) is 25.0 Å². The van der Waals surface area contributed by atoms with Crippen molar-refractivity contribution in [2.24, 2.45) is 0 Å². The Morgan fingerprint density at radius 3 is 2.70 bits per heavy atom. The summed E-state index contributed by atoms with van der Waals surface area (Å²) in [5.74, 6) is -0.312. The molecule has 0 aliphatic rings. The molecule has 7 nitrogen and oxygen atoms in total. The maximum absolute atomic E-state index is 11.6. The molecule has 0 aliphatic carbocycles. The van der Waals surface area contributed by atoms with Crippen LogP contribution in [0.2, 0.25) is 0 Å². The number of benzene rings is 1. The molecule has 0 saturated heterocycles. The first-order chi connectivity index (χ1) is 11.1. The van der Waals surface area contributed by atoms with Crippen molar-refractivity contribution in [3.63, 3.8) is 0 Å². The Morgan fingerprint density at radius 1 is 1.26 bits per heavy atom. The fourth-order valence-electron chi connectivity index (χ4n) is 2.06. The molecule has 2 aromatic heterocycles. The third-order valence-corrected chi connectivity index (χ3v) is 4.37. The van der Waals surface area contributed by atoms with Gasteiger partial charge in [-0.1, -0.05) is 34.7 Å². The van der Waals surface area contributed by atoms with Crippen LogP contribution in [0.25, 0.3) is 16.9 Å². The summed E-state index contributed by atoms with van der Waals surface area (Å²) in [5, 5.41) is 8.55. The van der Waals surface area contributed by atoms with Crippen molar-refractivity contribution >= 4 is 28.9 Å². The fourth-order valence-corrected chi connectivity index (χ4v) is 2.93. The second kappa shape index (κ2) is 6.33. The van der Waals surface area contributed by atoms with Gasteiger partial charge in [-0.05, 0) is 26.0 Å². The van der Waals surface area contributed by atoms with Gasteiger partial charge in [0.05, 0.1) is 12.8 Å². The maximum atomic E-state index is 11.6. The van der Waals surface area contributed by atoms with Gasteiger partial charge < -0.3 is 4.74 Å². The highest BCUT2D eigenvalue weighted by molar-refractivity contribution is 8.00. The summed E-state index contributed by atoms with van der Waals surface area (Å²) < 4.78 is 6.39. The Balaban J connectivity index is 2.00. The number of esters is 1. The first-order valence-electron chi connectivity index (χ1n) is 6.98. The number of rotatable bonds is 4. The number of carbonyl (C=O) groups is 1. The number of methoxy groups -OCH3 is 1. The summed E-state index contributed by atoms with van der Waals surface area (Å²) in [7, 11) is 1.36. The number of thioether (sulfide) groups is 1. The number of aromatic nitrogens is 5. The molecule has 0 radical (unpaired) electrons. The van der Waals surface area contributed by atoms with E-state index in [-0.39, 0.29) is 11.2 Å². The summed E-state index contributed by atoms with van der Waals surface area (Å²) in [6.07, 6.45) is 1.45. The lowest BCUT2D eigenvalue weighted by Gasteiger charge is -2.07. The number of carbonyl (C=O) groups excluding carboxylic acids is 1. The SMILES string of the molecule is COC(=O)[C@@H](C)Sc1ncnc2c1nnn2-c1ccc(C)cc1. The lowest BCUT2D eigenvalue weighted by Crippen LogP contribution is -2.14. The van der Waals surface area contributed by atoms with Gasteiger partial charge in [0.2, 0.25) is 0 Å². The van der Waals surface area contributed by atoms with E-state index in [9.17, 15) is 4.79 Å². The molecular formula is C15H15N5O2S. The van der Waals surface area contributed by atoms with Gasteiger partial charge in [0.15, 0.2) is 11.2 Å². The van der Waals surface area contributed by atoms with Crippen LogP contribution in [0.15, 0.2) is 35.6 Å². The average Bonchev–Trinajstić information content (AvgIpc) is 3.00. The normalized spacial score (nSPS) is 12.3. The van der Waals surface area contributed by atoms with Crippen molar-refractivity contribution in [2.45, 2.75) is 24.1 Å². The first kappa shape index (κ1) is 15.4. The predicted octanol–water partition coefficient (Wildman–Crippen LogP) is 2.17. The monoisotopic (exact) mass is 329 g/mol. The highest BCUT2D eigenvalue weighted by Gasteiger charge is 2.20. The summed E-state index contributed by atoms with van der Waals surface area (Å²) in [6.45, 7) is 3.78. The average molecular weight is 329 g/mol. The van der Waals surface area contributed by atoms with Crippen molar-refractivity contribution in [3.05, 3.63) is 36.2 Å². The molecule has 0 aliphatic heterocycles. The van der Waals surface area contributed by atoms with Crippen LogP contribution < -0.4 is 0 Å². The molecule has 118 valence electrons. The topological polar surface area (TPSA) is 82.8 Å². The number of hydrogen-bond acceptors (Lipinski definition) is 7. The third-order valence-electron chi connectivity index (χ3n) is 3.30. The van der Waals surface area contributed by atoms with Gasteiger partial charge in [0, 0.05) is 0 Å². The van der Waals surface area contributed by atoms with Crippen LogP contribution in [-0.2, 0) is 9.53 Å².